The van der Waals surface area contributed by atoms with Crippen LogP contribution in [0.5, 0.6) is 0 Å². The van der Waals surface area contributed by atoms with Gasteiger partial charge in [-0.3, -0.25) is 0 Å². The van der Waals surface area contributed by atoms with Gasteiger partial charge in [0.2, 0.25) is 0 Å². The fourth-order valence-electron chi connectivity index (χ4n) is 3.83. The fraction of sp³-hybridized carbons (Fsp3) is 0.0667. The summed E-state index contributed by atoms with van der Waals surface area (Å²) in [7, 11) is -3.76. The molecule has 0 spiro atoms. The molecule has 4 aromatic rings. The first-order chi connectivity index (χ1) is 17.7. The van der Waals surface area contributed by atoms with E-state index in [1.165, 1.54) is 0 Å². The van der Waals surface area contributed by atoms with Crippen LogP contribution < -0.4 is 0 Å². The largest absolute Gasteiger partial charge is 0.227 e. The number of halogens is 4. The van der Waals surface area contributed by atoms with Crippen LogP contribution in [0.1, 0.15) is 32.8 Å². The van der Waals surface area contributed by atoms with E-state index in [0.29, 0.717) is 0 Å². The summed E-state index contributed by atoms with van der Waals surface area (Å²) in [6, 6.07) is 31.0. The third-order valence-corrected chi connectivity index (χ3v) is 10.5. The van der Waals surface area contributed by atoms with Crippen LogP contribution in [0.15, 0.2) is 118 Å². The van der Waals surface area contributed by atoms with Gasteiger partial charge >= 0.3 is 0 Å². The molecule has 2 nitrogen and oxygen atoms in total. The maximum Gasteiger partial charge on any atom is 0.171 e. The summed E-state index contributed by atoms with van der Waals surface area (Å²) in [5.41, 5.74) is 3.34. The highest BCUT2D eigenvalue weighted by atomic mass is 127. The molecular weight excluding hydrogens is 838 g/mol. The Balaban J connectivity index is 1.81. The van der Waals surface area contributed by atoms with Crippen LogP contribution in [-0.4, -0.2) is 8.42 Å². The third-order valence-electron chi connectivity index (χ3n) is 5.77. The Bertz CT molecular complexity index is 1390. The topological polar surface area (TPSA) is 34.1 Å². The van der Waals surface area contributed by atoms with Gasteiger partial charge in [-0.1, -0.05) is 105 Å². The first-order valence-corrected chi connectivity index (χ1v) is 16.7. The van der Waals surface area contributed by atoms with Crippen molar-refractivity contribution >= 4 is 99.0 Å². The van der Waals surface area contributed by atoms with Crippen molar-refractivity contribution < 1.29 is 8.42 Å². The van der Waals surface area contributed by atoms with Crippen molar-refractivity contribution in [1.82, 2.24) is 0 Å². The second kappa shape index (κ2) is 13.2. The van der Waals surface area contributed by atoms with E-state index in [2.05, 4.69) is 77.0 Å². The zero-order chi connectivity index (χ0) is 26.4. The second-order valence-corrected chi connectivity index (χ2v) is 14.9. The normalized spacial score (nSPS) is 13.7. The van der Waals surface area contributed by atoms with E-state index in [4.69, 9.17) is 0 Å². The van der Waals surface area contributed by atoms with Crippen molar-refractivity contribution in [3.05, 3.63) is 148 Å². The molecule has 4 rings (SSSR count). The van der Waals surface area contributed by atoms with Gasteiger partial charge in [-0.15, -0.1) is 0 Å². The lowest BCUT2D eigenvalue weighted by Crippen LogP contribution is -2.19. The minimum absolute atomic E-state index is 0.717. The Hall–Kier alpha value is -1.27. The monoisotopic (exact) mass is 858 g/mol. The lowest BCUT2D eigenvalue weighted by molar-refractivity contribution is 0.584. The molecule has 0 aromatic heterocycles. The molecule has 0 aliphatic heterocycles. The number of hydrogen-bond donors (Lipinski definition) is 0. The molecule has 0 heterocycles. The summed E-state index contributed by atoms with van der Waals surface area (Å²) in [5, 5.41) is -1.68. The van der Waals surface area contributed by atoms with E-state index in [1.807, 2.05) is 109 Å². The molecule has 0 saturated heterocycles. The summed E-state index contributed by atoms with van der Waals surface area (Å²) in [6.45, 7) is 0. The number of sulfone groups is 1. The number of hydrogen-bond acceptors (Lipinski definition) is 2. The molecule has 188 valence electrons. The average molecular weight is 860 g/mol. The van der Waals surface area contributed by atoms with E-state index >= 15 is 0 Å². The Morgan fingerprint density at radius 2 is 0.865 bits per heavy atom. The lowest BCUT2D eigenvalue weighted by atomic mass is 10.1. The molecule has 0 aliphatic carbocycles. The molecule has 7 heteroatoms. The number of rotatable bonds is 8. The van der Waals surface area contributed by atoms with Crippen LogP contribution in [0.3, 0.4) is 0 Å². The molecule has 0 amide bonds. The molecule has 4 aromatic carbocycles. The highest BCUT2D eigenvalue weighted by Gasteiger charge is 2.33. The lowest BCUT2D eigenvalue weighted by Gasteiger charge is -2.22. The highest BCUT2D eigenvalue weighted by molar-refractivity contribution is 14.1. The summed E-state index contributed by atoms with van der Waals surface area (Å²) in [5.74, 6) is 0. The molecule has 2 atom stereocenters. The van der Waals surface area contributed by atoms with Gasteiger partial charge in [0, 0.05) is 16.1 Å². The van der Waals surface area contributed by atoms with Crippen LogP contribution in [0.2, 0.25) is 0 Å². The van der Waals surface area contributed by atoms with Gasteiger partial charge in [-0.05, 0) is 116 Å². The van der Waals surface area contributed by atoms with Gasteiger partial charge in [0.05, 0.1) is 0 Å². The van der Waals surface area contributed by atoms with Crippen molar-refractivity contribution in [1.29, 1.82) is 0 Å². The van der Waals surface area contributed by atoms with Gasteiger partial charge in [0.15, 0.2) is 9.84 Å². The minimum atomic E-state index is -3.76. The molecule has 37 heavy (non-hydrogen) atoms. The highest BCUT2D eigenvalue weighted by Crippen LogP contribution is 2.38. The Morgan fingerprint density at radius 3 is 1.19 bits per heavy atom. The van der Waals surface area contributed by atoms with E-state index < -0.39 is 20.3 Å². The van der Waals surface area contributed by atoms with Crippen molar-refractivity contribution in [2.45, 2.75) is 10.5 Å². The zero-order valence-electron chi connectivity index (χ0n) is 19.4. The van der Waals surface area contributed by atoms with Gasteiger partial charge in [0.1, 0.15) is 10.5 Å². The third kappa shape index (κ3) is 7.88. The van der Waals surface area contributed by atoms with E-state index in [1.54, 1.807) is 12.2 Å². The Morgan fingerprint density at radius 1 is 0.541 bits per heavy atom. The van der Waals surface area contributed by atoms with E-state index in [-0.39, 0.29) is 0 Å². The summed E-state index contributed by atoms with van der Waals surface area (Å²) < 4.78 is 32.9. The standard InChI is InChI=1S/C30H22Br2I2O2S/c31-25-11-7-23(8-12-25)29(19-5-21-1-15-27(33)16-2-21)37(35,36)30(24-9-13-26(32)14-10-24)20-6-22-3-17-28(34)18-4-22/h1-20,29-30H. The van der Waals surface area contributed by atoms with Gasteiger partial charge < -0.3 is 0 Å². The minimum Gasteiger partial charge on any atom is -0.227 e. The predicted octanol–water partition coefficient (Wildman–Crippen LogP) is 10.0. The maximum absolute atomic E-state index is 14.4. The molecular formula is C30H22Br2I2O2S. The van der Waals surface area contributed by atoms with Crippen molar-refractivity contribution in [3.63, 3.8) is 0 Å². The van der Waals surface area contributed by atoms with Crippen molar-refractivity contribution in [2.24, 2.45) is 0 Å². The zero-order valence-corrected chi connectivity index (χ0v) is 27.7. The molecule has 2 unspecified atom stereocenters. The number of benzene rings is 4. The van der Waals surface area contributed by atoms with Crippen molar-refractivity contribution in [3.8, 4) is 0 Å². The SMILES string of the molecule is O=S(=O)(C(C=Cc1ccc(I)cc1)c1ccc(Br)cc1)C(C=Cc1ccc(I)cc1)c1ccc(Br)cc1. The first-order valence-electron chi connectivity index (χ1n) is 11.3. The van der Waals surface area contributed by atoms with Crippen LogP contribution >= 0.6 is 77.0 Å². The molecule has 0 bridgehead atoms. The quantitative estimate of drug-likeness (QED) is 0.166. The van der Waals surface area contributed by atoms with Crippen LogP contribution in [0.25, 0.3) is 12.2 Å². The Kier molecular flexibility index (Phi) is 10.2. The fourth-order valence-corrected chi connectivity index (χ4v) is 7.06. The van der Waals surface area contributed by atoms with E-state index in [9.17, 15) is 8.42 Å². The molecule has 0 saturated carbocycles. The predicted molar refractivity (Wildman–Crippen MR) is 179 cm³/mol. The summed E-state index contributed by atoms with van der Waals surface area (Å²) in [6.07, 6.45) is 7.38. The molecule has 0 N–H and O–H groups in total. The van der Waals surface area contributed by atoms with Gasteiger partial charge in [-0.2, -0.15) is 0 Å². The Labute approximate surface area is 262 Å². The molecule has 0 aliphatic rings. The summed E-state index contributed by atoms with van der Waals surface area (Å²) in [4.78, 5) is 0. The molecule has 0 fully saturated rings. The second-order valence-electron chi connectivity index (χ2n) is 8.35. The van der Waals surface area contributed by atoms with Gasteiger partial charge in [0.25, 0.3) is 0 Å². The maximum atomic E-state index is 14.4. The van der Waals surface area contributed by atoms with Crippen molar-refractivity contribution in [2.75, 3.05) is 0 Å². The smallest absolute Gasteiger partial charge is 0.171 e. The molecule has 0 radical (unpaired) electrons. The summed E-state index contributed by atoms with van der Waals surface area (Å²) >= 11 is 11.5. The van der Waals surface area contributed by atoms with Crippen LogP contribution in [-0.2, 0) is 9.84 Å². The van der Waals surface area contributed by atoms with E-state index in [0.717, 1.165) is 38.3 Å². The van der Waals surface area contributed by atoms with Crippen LogP contribution in [0, 0.1) is 7.14 Å². The van der Waals surface area contributed by atoms with Crippen LogP contribution in [0.4, 0.5) is 0 Å². The first kappa shape index (κ1) is 28.7. The van der Waals surface area contributed by atoms with Gasteiger partial charge in [-0.25, -0.2) is 8.42 Å². The average Bonchev–Trinajstić information content (AvgIpc) is 2.88.